The van der Waals surface area contributed by atoms with Crippen LogP contribution >= 0.6 is 0 Å². The van der Waals surface area contributed by atoms with Crippen molar-refractivity contribution in [2.75, 3.05) is 0 Å². The van der Waals surface area contributed by atoms with Gasteiger partial charge in [0, 0.05) is 33.3 Å². The van der Waals surface area contributed by atoms with Gasteiger partial charge in [-0.2, -0.15) is 5.26 Å². The predicted octanol–water partition coefficient (Wildman–Crippen LogP) is 8.08. The molecule has 0 aliphatic heterocycles. The molecule has 6 rings (SSSR count). The summed E-state index contributed by atoms with van der Waals surface area (Å²) >= 11 is 0. The van der Waals surface area contributed by atoms with E-state index in [-0.39, 0.29) is 22.6 Å². The fourth-order valence-electron chi connectivity index (χ4n) is 4.95. The summed E-state index contributed by atoms with van der Waals surface area (Å²) in [5, 5.41) is 16.4. The van der Waals surface area contributed by atoms with Crippen LogP contribution in [0.3, 0.4) is 0 Å². The molecule has 2 aromatic heterocycles. The van der Waals surface area contributed by atoms with Crippen molar-refractivity contribution in [2.45, 2.75) is 0 Å². The Balaban J connectivity index is 2.15. The molecule has 5 heteroatoms. The van der Waals surface area contributed by atoms with Gasteiger partial charge >= 0.3 is 0 Å². The first kappa shape index (κ1) is 18.4. The molecule has 0 amide bonds. The number of benzene rings is 4. The van der Waals surface area contributed by atoms with Crippen LogP contribution in [-0.4, -0.2) is 4.40 Å². The number of hydrogen-bond donors (Lipinski definition) is 0. The highest BCUT2D eigenvalue weighted by Gasteiger charge is 2.25. The molecular weight excluding hydrogens is 406 g/mol. The van der Waals surface area contributed by atoms with E-state index in [9.17, 15) is 5.26 Å². The lowest BCUT2D eigenvalue weighted by Crippen LogP contribution is -1.95. The van der Waals surface area contributed by atoms with E-state index in [0.717, 1.165) is 37.8 Å². The van der Waals surface area contributed by atoms with Crippen molar-refractivity contribution in [3.05, 3.63) is 107 Å². The van der Waals surface area contributed by atoms with E-state index in [2.05, 4.69) is 26.7 Å². The lowest BCUT2D eigenvalue weighted by atomic mass is 9.94. The highest BCUT2D eigenvalue weighted by molar-refractivity contribution is 6.32. The van der Waals surface area contributed by atoms with Crippen LogP contribution < -0.4 is 0 Å². The molecular formula is C28H11N5. The summed E-state index contributed by atoms with van der Waals surface area (Å²) < 4.78 is 1.92. The smallest absolute Gasteiger partial charge is 0.203 e. The van der Waals surface area contributed by atoms with Crippen LogP contribution in [0.2, 0.25) is 0 Å². The molecule has 0 bridgehead atoms. The van der Waals surface area contributed by atoms with E-state index in [1.165, 1.54) is 0 Å². The third kappa shape index (κ3) is 2.21. The van der Waals surface area contributed by atoms with Crippen LogP contribution in [0.4, 0.5) is 17.1 Å². The highest BCUT2D eigenvalue weighted by Crippen LogP contribution is 2.51. The topological polar surface area (TPSA) is 41.3 Å². The molecule has 0 saturated heterocycles. The van der Waals surface area contributed by atoms with Crippen molar-refractivity contribution in [2.24, 2.45) is 0 Å². The second-order valence-electron chi connectivity index (χ2n) is 7.74. The van der Waals surface area contributed by atoms with Crippen LogP contribution in [-0.2, 0) is 0 Å². The quantitative estimate of drug-likeness (QED) is 0.182. The van der Waals surface area contributed by atoms with Crippen LogP contribution in [0.5, 0.6) is 0 Å². The van der Waals surface area contributed by atoms with E-state index in [0.29, 0.717) is 10.9 Å². The van der Waals surface area contributed by atoms with Crippen molar-refractivity contribution < 1.29 is 0 Å². The van der Waals surface area contributed by atoms with Crippen molar-refractivity contribution in [1.29, 1.82) is 5.26 Å². The first-order valence-corrected chi connectivity index (χ1v) is 10.1. The zero-order valence-corrected chi connectivity index (χ0v) is 17.1. The Labute approximate surface area is 188 Å². The van der Waals surface area contributed by atoms with Gasteiger partial charge in [0.25, 0.3) is 0 Å². The van der Waals surface area contributed by atoms with Gasteiger partial charge in [-0.15, -0.1) is 0 Å². The summed E-state index contributed by atoms with van der Waals surface area (Å²) in [4.78, 5) is 10.8. The minimum Gasteiger partial charge on any atom is -0.316 e. The lowest BCUT2D eigenvalue weighted by molar-refractivity contribution is 1.29. The Morgan fingerprint density at radius 1 is 0.636 bits per heavy atom. The number of fused-ring (bicyclic) bond motifs is 10. The number of nitriles is 1. The molecule has 6 aromatic rings. The molecule has 33 heavy (non-hydrogen) atoms. The van der Waals surface area contributed by atoms with Crippen molar-refractivity contribution >= 4 is 65.8 Å². The summed E-state index contributed by atoms with van der Waals surface area (Å²) in [6.45, 7) is 23.4. The van der Waals surface area contributed by atoms with Gasteiger partial charge in [0.1, 0.15) is 0 Å². The van der Waals surface area contributed by atoms with Gasteiger partial charge in [-0.3, -0.25) is 14.5 Å². The average molecular weight is 417 g/mol. The SMILES string of the molecule is [C-]#[N+]c1c([N+]#[C-])c(C#N)c2c(c1[N+]#[C-])c1c3ccccc3ccc1c1c3ccccc3cn21. The van der Waals surface area contributed by atoms with Crippen molar-refractivity contribution in [1.82, 2.24) is 4.40 Å². The molecule has 0 radical (unpaired) electrons. The van der Waals surface area contributed by atoms with Gasteiger partial charge in [-0.05, 0) is 16.2 Å². The van der Waals surface area contributed by atoms with E-state index >= 15 is 0 Å². The van der Waals surface area contributed by atoms with E-state index in [4.69, 9.17) is 19.7 Å². The molecule has 0 aliphatic carbocycles. The highest BCUT2D eigenvalue weighted by atomic mass is 14.9. The number of rotatable bonds is 0. The Morgan fingerprint density at radius 3 is 2.00 bits per heavy atom. The van der Waals surface area contributed by atoms with Gasteiger partial charge in [0.2, 0.25) is 11.4 Å². The lowest BCUT2D eigenvalue weighted by Gasteiger charge is -2.16. The third-order valence-corrected chi connectivity index (χ3v) is 6.24. The maximum absolute atomic E-state index is 10.2. The summed E-state index contributed by atoms with van der Waals surface area (Å²) in [5.41, 5.74) is 1.53. The maximum atomic E-state index is 10.2. The van der Waals surface area contributed by atoms with Gasteiger partial charge in [0.05, 0.1) is 36.9 Å². The van der Waals surface area contributed by atoms with Crippen LogP contribution in [0.1, 0.15) is 5.56 Å². The molecule has 0 saturated carbocycles. The van der Waals surface area contributed by atoms with E-state index < -0.39 is 0 Å². The molecule has 0 unspecified atom stereocenters. The van der Waals surface area contributed by atoms with Gasteiger partial charge < -0.3 is 4.40 Å². The number of pyridine rings is 1. The van der Waals surface area contributed by atoms with Gasteiger partial charge in [0.15, 0.2) is 5.69 Å². The summed E-state index contributed by atoms with van der Waals surface area (Å²) in [6.07, 6.45) is 1.95. The zero-order chi connectivity index (χ0) is 22.7. The second kappa shape index (κ2) is 6.57. The number of nitrogens with zero attached hydrogens (tertiary/aromatic N) is 5. The predicted molar refractivity (Wildman–Crippen MR) is 131 cm³/mol. The Kier molecular flexibility index (Phi) is 3.66. The first-order valence-electron chi connectivity index (χ1n) is 10.1. The number of hydrogen-bond acceptors (Lipinski definition) is 1. The Morgan fingerprint density at radius 2 is 1.30 bits per heavy atom. The monoisotopic (exact) mass is 417 g/mol. The average Bonchev–Trinajstić information content (AvgIpc) is 3.26. The fraction of sp³-hybridized carbons (Fsp3) is 0. The molecule has 4 aromatic carbocycles. The minimum atomic E-state index is -0.0651. The molecule has 148 valence electrons. The molecule has 2 heterocycles. The van der Waals surface area contributed by atoms with Gasteiger partial charge in [-0.25, -0.2) is 0 Å². The maximum Gasteiger partial charge on any atom is 0.203 e. The molecule has 5 nitrogen and oxygen atoms in total. The second-order valence-corrected chi connectivity index (χ2v) is 7.74. The molecule has 0 N–H and O–H groups in total. The molecule has 0 fully saturated rings. The van der Waals surface area contributed by atoms with Crippen LogP contribution in [0.25, 0.3) is 63.3 Å². The summed E-state index contributed by atoms with van der Waals surface area (Å²) in [5.74, 6) is 0. The van der Waals surface area contributed by atoms with Gasteiger partial charge in [-0.1, -0.05) is 60.7 Å². The standard InChI is InChI=1S/C28H11N5/c1-30-24-21(14-29)28-23(25(31-2)26(24)32-3)22-18-10-6-4-8-16(18)12-13-20(22)27-19-11-7-5-9-17(19)15-33(27)28/h4-13,15H. The van der Waals surface area contributed by atoms with E-state index in [1.54, 1.807) is 0 Å². The van der Waals surface area contributed by atoms with Crippen molar-refractivity contribution in [3.8, 4) is 6.07 Å². The summed E-state index contributed by atoms with van der Waals surface area (Å²) in [6, 6.07) is 22.2. The Hall–Kier alpha value is -5.36. The minimum absolute atomic E-state index is 0.0608. The molecule has 0 atom stereocenters. The normalized spacial score (nSPS) is 10.9. The van der Waals surface area contributed by atoms with Crippen molar-refractivity contribution in [3.63, 3.8) is 0 Å². The van der Waals surface area contributed by atoms with Crippen LogP contribution in [0.15, 0.2) is 66.9 Å². The van der Waals surface area contributed by atoms with Crippen LogP contribution in [0, 0.1) is 31.0 Å². The third-order valence-electron chi connectivity index (χ3n) is 6.24. The first-order chi connectivity index (χ1) is 16.2. The van der Waals surface area contributed by atoms with E-state index in [1.807, 2.05) is 65.2 Å². The zero-order valence-electron chi connectivity index (χ0n) is 17.1. The largest absolute Gasteiger partial charge is 0.316 e. The molecule has 0 spiro atoms. The summed E-state index contributed by atoms with van der Waals surface area (Å²) in [7, 11) is 0. The fourth-order valence-corrected chi connectivity index (χ4v) is 4.95. The Bertz CT molecular complexity index is 2020. The molecule has 0 aliphatic rings. The number of aromatic nitrogens is 1.